The number of ether oxygens (including phenoxy) is 1. The van der Waals surface area contributed by atoms with Crippen molar-refractivity contribution in [1.29, 1.82) is 0 Å². The van der Waals surface area contributed by atoms with E-state index in [0.717, 1.165) is 9.13 Å². The maximum atomic E-state index is 11.8. The largest absolute Gasteiger partial charge is 0.467 e. The van der Waals surface area contributed by atoms with Crippen LogP contribution in [0.4, 0.5) is 0 Å². The second-order valence-electron chi connectivity index (χ2n) is 3.65. The highest BCUT2D eigenvalue weighted by molar-refractivity contribution is 14.1. The maximum Gasteiger partial charge on any atom is 0.330 e. The fourth-order valence-electron chi connectivity index (χ4n) is 1.63. The molecule has 0 fully saturated rings. The van der Waals surface area contributed by atoms with Gasteiger partial charge < -0.3 is 4.74 Å². The summed E-state index contributed by atoms with van der Waals surface area (Å²) in [5, 5.41) is 3.17. The molecule has 1 rings (SSSR count). The van der Waals surface area contributed by atoms with Crippen LogP contribution in [0.3, 0.4) is 0 Å². The summed E-state index contributed by atoms with van der Waals surface area (Å²) in [4.78, 5) is 11.8. The molecule has 0 aliphatic heterocycles. The Balaban J connectivity index is 3.10. The van der Waals surface area contributed by atoms with Crippen molar-refractivity contribution in [3.8, 4) is 0 Å². The van der Waals surface area contributed by atoms with E-state index in [-0.39, 0.29) is 5.97 Å². The smallest absolute Gasteiger partial charge is 0.330 e. The highest BCUT2D eigenvalue weighted by Gasteiger charge is 2.35. The van der Waals surface area contributed by atoms with E-state index >= 15 is 0 Å². The van der Waals surface area contributed by atoms with Crippen molar-refractivity contribution >= 4 is 28.6 Å². The van der Waals surface area contributed by atoms with Crippen LogP contribution >= 0.6 is 22.6 Å². The first kappa shape index (κ1) is 13.4. The molecule has 1 aromatic rings. The molecule has 1 atom stereocenters. The van der Waals surface area contributed by atoms with Crippen molar-refractivity contribution in [2.24, 2.45) is 0 Å². The van der Waals surface area contributed by atoms with E-state index in [1.807, 2.05) is 38.1 Å². The van der Waals surface area contributed by atoms with Gasteiger partial charge in [0, 0.05) is 3.57 Å². The summed E-state index contributed by atoms with van der Waals surface area (Å²) in [5.41, 5.74) is 0.148. The molecule has 1 N–H and O–H groups in total. The van der Waals surface area contributed by atoms with E-state index in [4.69, 9.17) is 4.74 Å². The number of carbonyl (C=O) groups excluding carboxylic acids is 1. The molecule has 0 aliphatic rings. The summed E-state index contributed by atoms with van der Waals surface area (Å²) in [7, 11) is 1.41. The van der Waals surface area contributed by atoms with Crippen molar-refractivity contribution in [3.63, 3.8) is 0 Å². The predicted molar refractivity (Wildman–Crippen MR) is 72.2 cm³/mol. The van der Waals surface area contributed by atoms with Crippen LogP contribution in [-0.4, -0.2) is 19.6 Å². The van der Waals surface area contributed by atoms with Crippen LogP contribution in [0.15, 0.2) is 24.3 Å². The number of nitrogens with one attached hydrogen (secondary N) is 1. The van der Waals surface area contributed by atoms with E-state index in [2.05, 4.69) is 27.9 Å². The van der Waals surface area contributed by atoms with Gasteiger partial charge in [-0.3, -0.25) is 5.32 Å². The minimum absolute atomic E-state index is 0.268. The van der Waals surface area contributed by atoms with Gasteiger partial charge in [0.1, 0.15) is 5.54 Å². The Morgan fingerprint density at radius 3 is 2.44 bits per heavy atom. The zero-order valence-electron chi connectivity index (χ0n) is 9.71. The van der Waals surface area contributed by atoms with Crippen LogP contribution in [0.2, 0.25) is 0 Å². The summed E-state index contributed by atoms with van der Waals surface area (Å²) in [5.74, 6) is -0.268. The highest BCUT2D eigenvalue weighted by atomic mass is 127. The number of esters is 1. The van der Waals surface area contributed by atoms with Crippen molar-refractivity contribution in [3.05, 3.63) is 33.4 Å². The van der Waals surface area contributed by atoms with E-state index in [1.54, 1.807) is 0 Å². The van der Waals surface area contributed by atoms with E-state index < -0.39 is 5.54 Å². The topological polar surface area (TPSA) is 38.3 Å². The molecule has 0 saturated carbocycles. The molecule has 0 aliphatic carbocycles. The average Bonchev–Trinajstić information content (AvgIpc) is 2.29. The fraction of sp³-hybridized carbons (Fsp3) is 0.417. The predicted octanol–water partition coefficient (Wildman–Crippen LogP) is 2.29. The monoisotopic (exact) mass is 333 g/mol. The van der Waals surface area contributed by atoms with Gasteiger partial charge in [-0.1, -0.05) is 19.1 Å². The quantitative estimate of drug-likeness (QED) is 0.679. The SMILES string of the molecule is CCNC(C)(C(=O)OC)c1ccc(I)cc1. The number of benzene rings is 1. The van der Waals surface area contributed by atoms with Crippen LogP contribution in [0.1, 0.15) is 19.4 Å². The first-order valence-electron chi connectivity index (χ1n) is 5.14. The number of halogens is 1. The van der Waals surface area contributed by atoms with Gasteiger partial charge in [-0.05, 0) is 53.8 Å². The number of hydrogen-bond donors (Lipinski definition) is 1. The zero-order chi connectivity index (χ0) is 12.2. The first-order chi connectivity index (χ1) is 7.54. The molecule has 0 bridgehead atoms. The minimum atomic E-state index is -0.770. The van der Waals surface area contributed by atoms with Crippen molar-refractivity contribution < 1.29 is 9.53 Å². The van der Waals surface area contributed by atoms with Crippen molar-refractivity contribution in [2.45, 2.75) is 19.4 Å². The molecular formula is C12H16INO2. The van der Waals surface area contributed by atoms with Crippen molar-refractivity contribution in [1.82, 2.24) is 5.32 Å². The molecule has 88 valence electrons. The second-order valence-corrected chi connectivity index (χ2v) is 4.90. The maximum absolute atomic E-state index is 11.8. The summed E-state index contributed by atoms with van der Waals surface area (Å²) in [6, 6.07) is 7.85. The van der Waals surface area contributed by atoms with E-state index in [9.17, 15) is 4.79 Å². The molecule has 16 heavy (non-hydrogen) atoms. The summed E-state index contributed by atoms with van der Waals surface area (Å²) in [6.07, 6.45) is 0. The molecular weight excluding hydrogens is 317 g/mol. The number of carbonyl (C=O) groups is 1. The molecule has 0 amide bonds. The number of rotatable bonds is 4. The Kier molecular flexibility index (Phi) is 4.73. The third-order valence-corrected chi connectivity index (χ3v) is 3.26. The van der Waals surface area contributed by atoms with Gasteiger partial charge in [0.2, 0.25) is 0 Å². The van der Waals surface area contributed by atoms with Gasteiger partial charge in [-0.2, -0.15) is 0 Å². The number of methoxy groups -OCH3 is 1. The third kappa shape index (κ3) is 2.74. The molecule has 3 nitrogen and oxygen atoms in total. The molecule has 0 saturated heterocycles. The van der Waals surface area contributed by atoms with Crippen LogP contribution in [0.5, 0.6) is 0 Å². The van der Waals surface area contributed by atoms with Crippen LogP contribution < -0.4 is 5.32 Å². The minimum Gasteiger partial charge on any atom is -0.467 e. The van der Waals surface area contributed by atoms with Gasteiger partial charge in [-0.15, -0.1) is 0 Å². The van der Waals surface area contributed by atoms with E-state index in [1.165, 1.54) is 7.11 Å². The summed E-state index contributed by atoms with van der Waals surface area (Å²) >= 11 is 2.24. The lowest BCUT2D eigenvalue weighted by molar-refractivity contribution is -0.148. The van der Waals surface area contributed by atoms with Gasteiger partial charge in [-0.25, -0.2) is 4.79 Å². The fourth-order valence-corrected chi connectivity index (χ4v) is 1.99. The van der Waals surface area contributed by atoms with Gasteiger partial charge >= 0.3 is 5.97 Å². The van der Waals surface area contributed by atoms with Crippen LogP contribution in [0, 0.1) is 3.57 Å². The number of hydrogen-bond acceptors (Lipinski definition) is 3. The standard InChI is InChI=1S/C12H16INO2/c1-4-14-12(2,11(15)16-3)9-5-7-10(13)8-6-9/h5-8,14H,4H2,1-3H3. The molecule has 0 spiro atoms. The normalized spacial score (nSPS) is 14.2. The lowest BCUT2D eigenvalue weighted by Gasteiger charge is -2.28. The Morgan fingerprint density at radius 1 is 1.44 bits per heavy atom. The van der Waals surface area contributed by atoms with Gasteiger partial charge in [0.05, 0.1) is 7.11 Å². The lowest BCUT2D eigenvalue weighted by Crippen LogP contribution is -2.47. The van der Waals surface area contributed by atoms with E-state index in [0.29, 0.717) is 6.54 Å². The average molecular weight is 333 g/mol. The Labute approximate surface area is 110 Å². The highest BCUT2D eigenvalue weighted by Crippen LogP contribution is 2.23. The first-order valence-corrected chi connectivity index (χ1v) is 6.22. The lowest BCUT2D eigenvalue weighted by atomic mass is 9.92. The Morgan fingerprint density at radius 2 is 2.00 bits per heavy atom. The summed E-state index contributed by atoms with van der Waals surface area (Å²) in [6.45, 7) is 4.51. The van der Waals surface area contributed by atoms with Crippen LogP contribution in [-0.2, 0) is 15.1 Å². The molecule has 1 aromatic carbocycles. The number of likely N-dealkylation sites (N-methyl/N-ethyl adjacent to an activating group) is 1. The van der Waals surface area contributed by atoms with Gasteiger partial charge in [0.15, 0.2) is 0 Å². The molecule has 0 aromatic heterocycles. The van der Waals surface area contributed by atoms with Crippen LogP contribution in [0.25, 0.3) is 0 Å². The second kappa shape index (κ2) is 5.63. The molecule has 0 radical (unpaired) electrons. The summed E-state index contributed by atoms with van der Waals surface area (Å²) < 4.78 is 5.99. The molecule has 0 heterocycles. The zero-order valence-corrected chi connectivity index (χ0v) is 11.9. The Hall–Kier alpha value is -0.620. The van der Waals surface area contributed by atoms with Crippen molar-refractivity contribution in [2.75, 3.05) is 13.7 Å². The Bertz CT molecular complexity index is 364. The van der Waals surface area contributed by atoms with Gasteiger partial charge in [0.25, 0.3) is 0 Å². The molecule has 4 heteroatoms. The third-order valence-electron chi connectivity index (χ3n) is 2.55. The molecule has 1 unspecified atom stereocenters.